The molecule has 1 unspecified atom stereocenters. The van der Waals surface area contributed by atoms with Crippen LogP contribution in [0.5, 0.6) is 0 Å². The first-order chi connectivity index (χ1) is 17.2. The standard InChI is InChI=1S/C29H38FN5O/c1-4-29(11-10-23(30)16-24(29)22-8-6-5-7-9-22)33-25-17-31-21-32-26(25)35-14-12-28(13-15-35)19-34(20-28)18-27(2,3)36/h5-10,16-17,21,33,36H,4,11-15,18-20H2,1-3H3. The van der Waals surface area contributed by atoms with E-state index in [1.54, 1.807) is 18.5 Å². The fourth-order valence-electron chi connectivity index (χ4n) is 6.23. The van der Waals surface area contributed by atoms with Crippen LogP contribution in [-0.2, 0) is 0 Å². The number of β-amino-alcohol motifs (C(OH)–C–C–N with tert-alkyl or cyclic N) is 1. The molecule has 1 aliphatic carbocycles. The molecule has 7 heteroatoms. The topological polar surface area (TPSA) is 64.5 Å². The summed E-state index contributed by atoms with van der Waals surface area (Å²) in [6.45, 7) is 10.6. The predicted octanol–water partition coefficient (Wildman–Crippen LogP) is 5.05. The van der Waals surface area contributed by atoms with Gasteiger partial charge in [-0.2, -0.15) is 0 Å². The Bertz CT molecular complexity index is 1130. The minimum Gasteiger partial charge on any atom is -0.389 e. The first kappa shape index (κ1) is 24.9. The Morgan fingerprint density at radius 1 is 1.14 bits per heavy atom. The number of nitrogens with zero attached hydrogens (tertiary/aromatic N) is 4. The van der Waals surface area contributed by atoms with Gasteiger partial charge < -0.3 is 15.3 Å². The molecule has 1 spiro atoms. The highest BCUT2D eigenvalue weighted by Gasteiger charge is 2.46. The molecule has 36 heavy (non-hydrogen) atoms. The van der Waals surface area contributed by atoms with E-state index in [0.717, 1.165) is 74.6 Å². The Kier molecular flexibility index (Phi) is 6.64. The van der Waals surface area contributed by atoms with Crippen LogP contribution in [0.15, 0.2) is 60.8 Å². The van der Waals surface area contributed by atoms with Crippen LogP contribution in [0.1, 0.15) is 52.0 Å². The number of likely N-dealkylation sites (tertiary alicyclic amines) is 1. The minimum atomic E-state index is -0.649. The van der Waals surface area contributed by atoms with E-state index in [9.17, 15) is 9.50 Å². The van der Waals surface area contributed by atoms with Crippen molar-refractivity contribution in [1.29, 1.82) is 0 Å². The second-order valence-corrected chi connectivity index (χ2v) is 11.5. The summed E-state index contributed by atoms with van der Waals surface area (Å²) in [7, 11) is 0. The van der Waals surface area contributed by atoms with Crippen molar-refractivity contribution in [3.63, 3.8) is 0 Å². The van der Waals surface area contributed by atoms with Gasteiger partial charge in [0, 0.05) is 32.7 Å². The number of piperidine rings is 1. The number of aliphatic hydroxyl groups is 1. The zero-order valence-corrected chi connectivity index (χ0v) is 21.7. The van der Waals surface area contributed by atoms with Crippen molar-refractivity contribution < 1.29 is 9.50 Å². The smallest absolute Gasteiger partial charge is 0.155 e. The molecule has 5 rings (SSSR count). The zero-order valence-electron chi connectivity index (χ0n) is 21.7. The van der Waals surface area contributed by atoms with Gasteiger partial charge in [-0.15, -0.1) is 0 Å². The number of nitrogens with one attached hydrogen (secondary N) is 1. The molecule has 2 aromatic rings. The highest BCUT2D eigenvalue weighted by Crippen LogP contribution is 2.44. The number of anilines is 2. The molecule has 3 heterocycles. The van der Waals surface area contributed by atoms with Gasteiger partial charge in [-0.1, -0.05) is 37.3 Å². The van der Waals surface area contributed by atoms with Crippen LogP contribution in [0.4, 0.5) is 15.9 Å². The molecule has 1 aromatic heterocycles. The molecule has 6 nitrogen and oxygen atoms in total. The van der Waals surface area contributed by atoms with E-state index in [2.05, 4.69) is 27.0 Å². The Hall–Kier alpha value is -2.77. The summed E-state index contributed by atoms with van der Waals surface area (Å²) < 4.78 is 14.4. The van der Waals surface area contributed by atoms with Gasteiger partial charge in [-0.05, 0) is 68.2 Å². The summed E-state index contributed by atoms with van der Waals surface area (Å²) in [6.07, 6.45) is 10.4. The van der Waals surface area contributed by atoms with E-state index >= 15 is 0 Å². The van der Waals surface area contributed by atoms with Gasteiger partial charge in [0.1, 0.15) is 12.2 Å². The quantitative estimate of drug-likeness (QED) is 0.565. The van der Waals surface area contributed by atoms with Crippen molar-refractivity contribution in [2.75, 3.05) is 42.9 Å². The van der Waals surface area contributed by atoms with Crippen molar-refractivity contribution in [3.8, 4) is 0 Å². The lowest BCUT2D eigenvalue weighted by Crippen LogP contribution is -2.62. The van der Waals surface area contributed by atoms with Crippen LogP contribution in [0.2, 0.25) is 0 Å². The molecule has 1 atom stereocenters. The maximum atomic E-state index is 14.4. The normalized spacial score (nSPS) is 24.2. The third kappa shape index (κ3) is 5.04. The van der Waals surface area contributed by atoms with E-state index in [1.807, 2.05) is 50.4 Å². The molecule has 3 aliphatic rings. The molecular weight excluding hydrogens is 453 g/mol. The van der Waals surface area contributed by atoms with Crippen molar-refractivity contribution in [2.45, 2.75) is 57.6 Å². The highest BCUT2D eigenvalue weighted by atomic mass is 19.1. The number of aromatic nitrogens is 2. The van der Waals surface area contributed by atoms with E-state index in [-0.39, 0.29) is 5.83 Å². The number of benzene rings is 1. The molecule has 2 aliphatic heterocycles. The molecule has 2 fully saturated rings. The number of rotatable bonds is 7. The highest BCUT2D eigenvalue weighted by molar-refractivity contribution is 5.81. The van der Waals surface area contributed by atoms with Crippen LogP contribution in [0, 0.1) is 5.41 Å². The van der Waals surface area contributed by atoms with Crippen molar-refractivity contribution in [3.05, 3.63) is 66.4 Å². The third-order valence-electron chi connectivity index (χ3n) is 8.05. The maximum Gasteiger partial charge on any atom is 0.155 e. The lowest BCUT2D eigenvalue weighted by atomic mass is 9.71. The average Bonchev–Trinajstić information content (AvgIpc) is 2.85. The Balaban J connectivity index is 1.33. The Labute approximate surface area is 213 Å². The Morgan fingerprint density at radius 2 is 1.86 bits per heavy atom. The van der Waals surface area contributed by atoms with E-state index in [4.69, 9.17) is 4.98 Å². The first-order valence-corrected chi connectivity index (χ1v) is 13.1. The van der Waals surface area contributed by atoms with Crippen molar-refractivity contribution in [2.24, 2.45) is 5.41 Å². The van der Waals surface area contributed by atoms with Crippen molar-refractivity contribution >= 4 is 17.1 Å². The van der Waals surface area contributed by atoms with Crippen LogP contribution in [0.3, 0.4) is 0 Å². The van der Waals surface area contributed by atoms with Crippen LogP contribution < -0.4 is 10.2 Å². The maximum absolute atomic E-state index is 14.4. The molecule has 2 N–H and O–H groups in total. The van der Waals surface area contributed by atoms with Gasteiger partial charge in [-0.3, -0.25) is 4.90 Å². The number of hydrogen-bond acceptors (Lipinski definition) is 6. The lowest BCUT2D eigenvalue weighted by molar-refractivity contribution is -0.0643. The Morgan fingerprint density at radius 3 is 2.53 bits per heavy atom. The van der Waals surface area contributed by atoms with Crippen LogP contribution in [0.25, 0.3) is 5.57 Å². The van der Waals surface area contributed by atoms with E-state index in [1.165, 1.54) is 0 Å². The molecule has 0 bridgehead atoms. The molecule has 1 aromatic carbocycles. The van der Waals surface area contributed by atoms with Gasteiger partial charge >= 0.3 is 0 Å². The van der Waals surface area contributed by atoms with E-state index < -0.39 is 11.1 Å². The summed E-state index contributed by atoms with van der Waals surface area (Å²) in [5, 5.41) is 13.9. The summed E-state index contributed by atoms with van der Waals surface area (Å²) >= 11 is 0. The van der Waals surface area contributed by atoms with E-state index in [0.29, 0.717) is 11.8 Å². The van der Waals surface area contributed by atoms with Gasteiger partial charge in [0.05, 0.1) is 23.0 Å². The van der Waals surface area contributed by atoms with Crippen molar-refractivity contribution in [1.82, 2.24) is 14.9 Å². The molecular formula is C29H38FN5O. The summed E-state index contributed by atoms with van der Waals surface area (Å²) in [6, 6.07) is 10.1. The molecule has 0 saturated carbocycles. The zero-order chi connectivity index (χ0) is 25.4. The number of hydrogen-bond donors (Lipinski definition) is 2. The van der Waals surface area contributed by atoms with Crippen LogP contribution in [-0.4, -0.2) is 63.8 Å². The lowest BCUT2D eigenvalue weighted by Gasteiger charge is -2.55. The van der Waals surface area contributed by atoms with Gasteiger partial charge in [-0.25, -0.2) is 14.4 Å². The molecule has 2 saturated heterocycles. The first-order valence-electron chi connectivity index (χ1n) is 13.1. The summed E-state index contributed by atoms with van der Waals surface area (Å²) in [4.78, 5) is 13.8. The molecule has 192 valence electrons. The average molecular weight is 492 g/mol. The van der Waals surface area contributed by atoms with Gasteiger partial charge in [0.2, 0.25) is 0 Å². The summed E-state index contributed by atoms with van der Waals surface area (Å²) in [5.41, 5.74) is 2.13. The number of halogens is 1. The van der Waals surface area contributed by atoms with Crippen LogP contribution >= 0.6 is 0 Å². The minimum absolute atomic E-state index is 0.190. The summed E-state index contributed by atoms with van der Waals surface area (Å²) in [5.74, 6) is 0.729. The molecule has 0 radical (unpaired) electrons. The SMILES string of the molecule is CCC1(Nc2cncnc2N2CCC3(CC2)CN(CC(C)(C)O)C3)CC=C(F)C=C1c1ccccc1. The third-order valence-corrected chi connectivity index (χ3v) is 8.05. The van der Waals surface area contributed by atoms with Gasteiger partial charge in [0.25, 0.3) is 0 Å². The second kappa shape index (κ2) is 9.60. The number of allylic oxidation sites excluding steroid dienone is 2. The largest absolute Gasteiger partial charge is 0.389 e. The second-order valence-electron chi connectivity index (χ2n) is 11.5. The predicted molar refractivity (Wildman–Crippen MR) is 144 cm³/mol. The molecule has 0 amide bonds. The fraction of sp³-hybridized carbons (Fsp3) is 0.517. The fourth-order valence-corrected chi connectivity index (χ4v) is 6.23. The monoisotopic (exact) mass is 491 g/mol. The van der Waals surface area contributed by atoms with Gasteiger partial charge in [0.15, 0.2) is 5.82 Å².